The second kappa shape index (κ2) is 4.45. The molecule has 3 rings (SSSR count). The van der Waals surface area contributed by atoms with Crippen LogP contribution in [-0.4, -0.2) is 9.91 Å². The molecule has 1 aromatic heterocycles. The van der Waals surface area contributed by atoms with E-state index < -0.39 is 4.92 Å². The molecule has 0 atom stereocenters. The van der Waals surface area contributed by atoms with E-state index in [1.807, 2.05) is 30.5 Å². The number of benzene rings is 2. The first-order valence-electron chi connectivity index (χ1n) is 5.81. The Balaban J connectivity index is 1.97. The first kappa shape index (κ1) is 11.3. The first-order chi connectivity index (χ1) is 9.24. The van der Waals surface area contributed by atoms with Gasteiger partial charge in [0, 0.05) is 34.9 Å². The van der Waals surface area contributed by atoms with E-state index in [1.165, 1.54) is 12.1 Å². The van der Waals surface area contributed by atoms with Crippen molar-refractivity contribution in [2.24, 2.45) is 0 Å². The predicted molar refractivity (Wildman–Crippen MR) is 74.7 cm³/mol. The zero-order chi connectivity index (χ0) is 13.2. The van der Waals surface area contributed by atoms with Crippen LogP contribution in [0.15, 0.2) is 54.7 Å². The van der Waals surface area contributed by atoms with Crippen LogP contribution in [0.1, 0.15) is 0 Å². The third-order valence-corrected chi connectivity index (χ3v) is 2.93. The number of para-hydroxylation sites is 1. The summed E-state index contributed by atoms with van der Waals surface area (Å²) in [6.45, 7) is 0. The Bertz CT molecular complexity index is 749. The molecule has 3 aromatic rings. The number of rotatable bonds is 3. The maximum absolute atomic E-state index is 10.7. The third-order valence-electron chi connectivity index (χ3n) is 2.93. The summed E-state index contributed by atoms with van der Waals surface area (Å²) >= 11 is 0. The van der Waals surface area contributed by atoms with E-state index in [4.69, 9.17) is 0 Å². The number of hydrogen-bond donors (Lipinski definition) is 2. The number of non-ortho nitro benzene ring substituents is 1. The number of nitrogens with zero attached hydrogens (tertiary/aromatic N) is 1. The molecule has 0 aliphatic rings. The maximum atomic E-state index is 10.7. The summed E-state index contributed by atoms with van der Waals surface area (Å²) in [5.74, 6) is 0. The fraction of sp³-hybridized carbons (Fsp3) is 0. The number of fused-ring (bicyclic) bond motifs is 1. The minimum atomic E-state index is -0.402. The first-order valence-corrected chi connectivity index (χ1v) is 5.81. The second-order valence-electron chi connectivity index (χ2n) is 4.18. The van der Waals surface area contributed by atoms with Gasteiger partial charge in [0.25, 0.3) is 5.69 Å². The van der Waals surface area contributed by atoms with Crippen LogP contribution in [0.2, 0.25) is 0 Å². The lowest BCUT2D eigenvalue weighted by Crippen LogP contribution is -1.92. The molecule has 0 fully saturated rings. The van der Waals surface area contributed by atoms with Crippen molar-refractivity contribution in [3.63, 3.8) is 0 Å². The standard InChI is InChI=1S/C14H11N3O2/c18-17(19)11-5-3-4-10(8-11)16-14-9-15-13-7-2-1-6-12(13)14/h1-9,15-16H. The SMILES string of the molecule is O=[N+]([O-])c1cccc(Nc2c[nH]c3ccccc23)c1. The number of aromatic nitrogens is 1. The molecule has 94 valence electrons. The van der Waals surface area contributed by atoms with Crippen molar-refractivity contribution in [1.29, 1.82) is 0 Å². The summed E-state index contributed by atoms with van der Waals surface area (Å²) in [5, 5.41) is 15.0. The number of nitro groups is 1. The van der Waals surface area contributed by atoms with Gasteiger partial charge in [-0.05, 0) is 12.1 Å². The molecule has 1 heterocycles. The van der Waals surface area contributed by atoms with E-state index in [0.717, 1.165) is 16.6 Å². The Kier molecular flexibility index (Phi) is 2.64. The van der Waals surface area contributed by atoms with Crippen molar-refractivity contribution >= 4 is 28.0 Å². The Morgan fingerprint density at radius 2 is 1.95 bits per heavy atom. The number of nitro benzene ring substituents is 1. The topological polar surface area (TPSA) is 71.0 Å². The number of nitrogens with one attached hydrogen (secondary N) is 2. The fourth-order valence-electron chi connectivity index (χ4n) is 2.03. The lowest BCUT2D eigenvalue weighted by Gasteiger charge is -2.04. The van der Waals surface area contributed by atoms with Gasteiger partial charge in [0.2, 0.25) is 0 Å². The molecule has 5 heteroatoms. The molecule has 0 radical (unpaired) electrons. The van der Waals surface area contributed by atoms with Crippen molar-refractivity contribution in [2.75, 3.05) is 5.32 Å². The summed E-state index contributed by atoms with van der Waals surface area (Å²) in [7, 11) is 0. The van der Waals surface area contributed by atoms with Gasteiger partial charge in [0.15, 0.2) is 0 Å². The van der Waals surface area contributed by atoms with Crippen LogP contribution in [0, 0.1) is 10.1 Å². The fourth-order valence-corrected chi connectivity index (χ4v) is 2.03. The number of H-pyrrole nitrogens is 1. The van der Waals surface area contributed by atoms with E-state index in [1.54, 1.807) is 12.1 Å². The van der Waals surface area contributed by atoms with Gasteiger partial charge in [-0.1, -0.05) is 24.3 Å². The molecule has 0 unspecified atom stereocenters. The Morgan fingerprint density at radius 3 is 2.79 bits per heavy atom. The molecule has 2 aromatic carbocycles. The number of aromatic amines is 1. The molecule has 0 aliphatic heterocycles. The summed E-state index contributed by atoms with van der Waals surface area (Å²) in [4.78, 5) is 13.5. The molecule has 0 saturated heterocycles. The molecule has 0 saturated carbocycles. The highest BCUT2D eigenvalue weighted by Gasteiger charge is 2.07. The van der Waals surface area contributed by atoms with E-state index in [2.05, 4.69) is 10.3 Å². The molecule has 19 heavy (non-hydrogen) atoms. The lowest BCUT2D eigenvalue weighted by molar-refractivity contribution is -0.384. The van der Waals surface area contributed by atoms with Crippen LogP contribution < -0.4 is 5.32 Å². The van der Waals surface area contributed by atoms with Gasteiger partial charge < -0.3 is 10.3 Å². The predicted octanol–water partition coefficient (Wildman–Crippen LogP) is 3.82. The average Bonchev–Trinajstić information content (AvgIpc) is 2.83. The van der Waals surface area contributed by atoms with Crippen LogP contribution in [0.3, 0.4) is 0 Å². The molecule has 5 nitrogen and oxygen atoms in total. The molecule has 0 aliphatic carbocycles. The molecule has 0 amide bonds. The molecular formula is C14H11N3O2. The summed E-state index contributed by atoms with van der Waals surface area (Å²) in [5.41, 5.74) is 2.69. The van der Waals surface area contributed by atoms with Crippen molar-refractivity contribution in [3.05, 3.63) is 64.8 Å². The maximum Gasteiger partial charge on any atom is 0.271 e. The third kappa shape index (κ3) is 2.13. The highest BCUT2D eigenvalue weighted by Crippen LogP contribution is 2.27. The lowest BCUT2D eigenvalue weighted by atomic mass is 10.2. The van der Waals surface area contributed by atoms with Crippen LogP contribution in [-0.2, 0) is 0 Å². The van der Waals surface area contributed by atoms with Gasteiger partial charge in [0.1, 0.15) is 0 Å². The molecule has 2 N–H and O–H groups in total. The quantitative estimate of drug-likeness (QED) is 0.550. The van der Waals surface area contributed by atoms with Crippen LogP contribution in [0.25, 0.3) is 10.9 Å². The number of anilines is 2. The number of hydrogen-bond acceptors (Lipinski definition) is 3. The van der Waals surface area contributed by atoms with Gasteiger partial charge in [-0.15, -0.1) is 0 Å². The molecule has 0 spiro atoms. The Labute approximate surface area is 109 Å². The van der Waals surface area contributed by atoms with Crippen LogP contribution in [0.4, 0.5) is 17.1 Å². The minimum Gasteiger partial charge on any atom is -0.359 e. The second-order valence-corrected chi connectivity index (χ2v) is 4.18. The summed E-state index contributed by atoms with van der Waals surface area (Å²) in [6.07, 6.45) is 1.85. The normalized spacial score (nSPS) is 10.5. The summed E-state index contributed by atoms with van der Waals surface area (Å²) < 4.78 is 0. The van der Waals surface area contributed by atoms with E-state index in [0.29, 0.717) is 5.69 Å². The monoisotopic (exact) mass is 253 g/mol. The van der Waals surface area contributed by atoms with Crippen molar-refractivity contribution in [1.82, 2.24) is 4.98 Å². The summed E-state index contributed by atoms with van der Waals surface area (Å²) in [6, 6.07) is 14.3. The molecule has 0 bridgehead atoms. The zero-order valence-corrected chi connectivity index (χ0v) is 9.96. The minimum absolute atomic E-state index is 0.0739. The largest absolute Gasteiger partial charge is 0.359 e. The van der Waals surface area contributed by atoms with Gasteiger partial charge in [-0.25, -0.2) is 0 Å². The van der Waals surface area contributed by atoms with Crippen molar-refractivity contribution in [3.8, 4) is 0 Å². The highest BCUT2D eigenvalue weighted by atomic mass is 16.6. The van der Waals surface area contributed by atoms with Crippen LogP contribution >= 0.6 is 0 Å². The average molecular weight is 253 g/mol. The molecular weight excluding hydrogens is 242 g/mol. The van der Waals surface area contributed by atoms with E-state index >= 15 is 0 Å². The van der Waals surface area contributed by atoms with Gasteiger partial charge in [-0.2, -0.15) is 0 Å². The van der Waals surface area contributed by atoms with E-state index in [-0.39, 0.29) is 5.69 Å². The van der Waals surface area contributed by atoms with Crippen LogP contribution in [0.5, 0.6) is 0 Å². The van der Waals surface area contributed by atoms with Gasteiger partial charge in [-0.3, -0.25) is 10.1 Å². The smallest absolute Gasteiger partial charge is 0.271 e. The van der Waals surface area contributed by atoms with Crippen molar-refractivity contribution < 1.29 is 4.92 Å². The van der Waals surface area contributed by atoms with Crippen molar-refractivity contribution in [2.45, 2.75) is 0 Å². The van der Waals surface area contributed by atoms with E-state index in [9.17, 15) is 10.1 Å². The zero-order valence-electron chi connectivity index (χ0n) is 9.96. The highest BCUT2D eigenvalue weighted by molar-refractivity contribution is 5.94. The van der Waals surface area contributed by atoms with Gasteiger partial charge >= 0.3 is 0 Å². The Morgan fingerprint density at radius 1 is 1.11 bits per heavy atom. The Hall–Kier alpha value is -2.82. The van der Waals surface area contributed by atoms with Gasteiger partial charge in [0.05, 0.1) is 10.6 Å².